The first-order valence-electron chi connectivity index (χ1n) is 6.42. The molecule has 9 heteroatoms. The van der Waals surface area contributed by atoms with Crippen molar-refractivity contribution in [2.24, 2.45) is 0 Å². The predicted molar refractivity (Wildman–Crippen MR) is 75.9 cm³/mol. The van der Waals surface area contributed by atoms with Gasteiger partial charge in [-0.3, -0.25) is 14.3 Å². The van der Waals surface area contributed by atoms with Gasteiger partial charge in [0.1, 0.15) is 12.3 Å². The first kappa shape index (κ1) is 15.4. The van der Waals surface area contributed by atoms with Crippen LogP contribution in [0.2, 0.25) is 0 Å². The number of hydrogen-bond donors (Lipinski definition) is 2. The highest BCUT2D eigenvalue weighted by atomic mass is 16.6. The number of aromatic amines is 1. The van der Waals surface area contributed by atoms with Gasteiger partial charge in [-0.2, -0.15) is 4.98 Å². The van der Waals surface area contributed by atoms with Crippen LogP contribution in [-0.4, -0.2) is 53.1 Å². The molecule has 1 atom stereocenters. The van der Waals surface area contributed by atoms with E-state index in [2.05, 4.69) is 15.0 Å². The molecule has 0 unspecified atom stereocenters. The van der Waals surface area contributed by atoms with Crippen molar-refractivity contribution in [1.29, 1.82) is 0 Å². The van der Waals surface area contributed by atoms with Gasteiger partial charge in [-0.05, 0) is 6.92 Å². The molecule has 0 aromatic carbocycles. The minimum Gasteiger partial charge on any atom is -0.382 e. The van der Waals surface area contributed by atoms with E-state index in [0.717, 1.165) is 0 Å². The van der Waals surface area contributed by atoms with Crippen molar-refractivity contribution in [3.63, 3.8) is 0 Å². The van der Waals surface area contributed by atoms with Crippen molar-refractivity contribution in [2.75, 3.05) is 33.2 Å². The molecule has 3 N–H and O–H groups in total. The third-order valence-electron chi connectivity index (χ3n) is 2.94. The molecule has 2 rings (SSSR count). The Hall–Kier alpha value is -1.97. The fourth-order valence-corrected chi connectivity index (χ4v) is 2.05. The number of nitrogens with two attached hydrogens (primary N) is 1. The average Bonchev–Trinajstić information content (AvgIpc) is 2.83. The van der Waals surface area contributed by atoms with Crippen LogP contribution in [0, 0.1) is 0 Å². The topological polar surface area (TPSA) is 117 Å². The Balaban J connectivity index is 2.26. The fourth-order valence-electron chi connectivity index (χ4n) is 2.05. The molecule has 0 aliphatic rings. The van der Waals surface area contributed by atoms with Gasteiger partial charge in [-0.1, -0.05) is 0 Å². The Labute approximate surface area is 121 Å². The highest BCUT2D eigenvalue weighted by Crippen LogP contribution is 2.16. The van der Waals surface area contributed by atoms with Crippen molar-refractivity contribution < 1.29 is 14.2 Å². The molecule has 0 fully saturated rings. The lowest BCUT2D eigenvalue weighted by molar-refractivity contribution is -0.0965. The van der Waals surface area contributed by atoms with E-state index in [-0.39, 0.29) is 23.1 Å². The summed E-state index contributed by atoms with van der Waals surface area (Å²) in [5.41, 5.74) is 5.77. The van der Waals surface area contributed by atoms with E-state index < -0.39 is 6.23 Å². The molecule has 2 heterocycles. The molecule has 0 radical (unpaired) electrons. The molecule has 0 bridgehead atoms. The smallest absolute Gasteiger partial charge is 0.280 e. The number of aromatic nitrogens is 4. The van der Waals surface area contributed by atoms with Crippen LogP contribution in [-0.2, 0) is 14.2 Å². The van der Waals surface area contributed by atoms with Gasteiger partial charge in [-0.25, -0.2) is 4.98 Å². The summed E-state index contributed by atoms with van der Waals surface area (Å²) in [4.78, 5) is 22.3. The Morgan fingerprint density at radius 2 is 2.05 bits per heavy atom. The third kappa shape index (κ3) is 3.38. The zero-order chi connectivity index (χ0) is 15.4. The van der Waals surface area contributed by atoms with E-state index in [1.54, 1.807) is 18.8 Å². The maximum absolute atomic E-state index is 11.7. The first-order valence-corrected chi connectivity index (χ1v) is 6.42. The summed E-state index contributed by atoms with van der Waals surface area (Å²) in [5, 5.41) is 0. The van der Waals surface area contributed by atoms with Gasteiger partial charge < -0.3 is 19.9 Å². The Morgan fingerprint density at radius 1 is 1.38 bits per heavy atom. The van der Waals surface area contributed by atoms with E-state index in [1.807, 2.05) is 6.92 Å². The van der Waals surface area contributed by atoms with Crippen molar-refractivity contribution in [1.82, 2.24) is 19.5 Å². The highest BCUT2D eigenvalue weighted by Gasteiger charge is 2.18. The maximum atomic E-state index is 11.7. The molecule has 0 saturated carbocycles. The van der Waals surface area contributed by atoms with Gasteiger partial charge in [0.25, 0.3) is 5.56 Å². The molecule has 0 amide bonds. The number of fused-ring (bicyclic) bond motifs is 1. The zero-order valence-corrected chi connectivity index (χ0v) is 12.2. The number of nitrogens with zero attached hydrogens (tertiary/aromatic N) is 3. The monoisotopic (exact) mass is 297 g/mol. The normalized spacial score (nSPS) is 13.1. The summed E-state index contributed by atoms with van der Waals surface area (Å²) in [6.45, 7) is 2.60. The number of nitrogens with one attached hydrogen (secondary N) is 1. The Kier molecular flexibility index (Phi) is 4.89. The van der Waals surface area contributed by atoms with Gasteiger partial charge in [0.15, 0.2) is 11.2 Å². The van der Waals surface area contributed by atoms with Gasteiger partial charge >= 0.3 is 0 Å². The van der Waals surface area contributed by atoms with Crippen LogP contribution < -0.4 is 11.3 Å². The number of methoxy groups -OCH3 is 2. The van der Waals surface area contributed by atoms with Crippen LogP contribution >= 0.6 is 0 Å². The molecule has 21 heavy (non-hydrogen) atoms. The van der Waals surface area contributed by atoms with E-state index in [4.69, 9.17) is 19.9 Å². The molecule has 0 spiro atoms. The van der Waals surface area contributed by atoms with Crippen LogP contribution in [0.5, 0.6) is 0 Å². The molecule has 0 aliphatic carbocycles. The molecule has 0 saturated heterocycles. The second-order valence-corrected chi connectivity index (χ2v) is 4.54. The lowest BCUT2D eigenvalue weighted by Gasteiger charge is -2.22. The first-order chi connectivity index (χ1) is 10.1. The summed E-state index contributed by atoms with van der Waals surface area (Å²) in [7, 11) is 3.18. The summed E-state index contributed by atoms with van der Waals surface area (Å²) >= 11 is 0. The van der Waals surface area contributed by atoms with E-state index in [1.165, 1.54) is 6.33 Å². The van der Waals surface area contributed by atoms with Crippen LogP contribution in [0.1, 0.15) is 13.2 Å². The predicted octanol–water partition coefficient (Wildman–Crippen LogP) is -0.102. The quantitative estimate of drug-likeness (QED) is 0.732. The number of nitrogen functional groups attached to an aromatic ring is 1. The van der Waals surface area contributed by atoms with Crippen molar-refractivity contribution in [3.05, 3.63) is 16.7 Å². The summed E-state index contributed by atoms with van der Waals surface area (Å²) in [5.74, 6) is 0.0341. The molecular formula is C12H19N5O4. The summed E-state index contributed by atoms with van der Waals surface area (Å²) in [6, 6.07) is 0. The summed E-state index contributed by atoms with van der Waals surface area (Å²) < 4.78 is 17.6. The van der Waals surface area contributed by atoms with E-state index in [9.17, 15) is 4.79 Å². The number of rotatable bonds is 7. The average molecular weight is 297 g/mol. The minimum absolute atomic E-state index is 0.0341. The van der Waals surface area contributed by atoms with Crippen LogP contribution in [0.4, 0.5) is 5.95 Å². The van der Waals surface area contributed by atoms with Crippen LogP contribution in [0.3, 0.4) is 0 Å². The highest BCUT2D eigenvalue weighted by molar-refractivity contribution is 5.70. The third-order valence-corrected chi connectivity index (χ3v) is 2.94. The Morgan fingerprint density at radius 3 is 2.67 bits per heavy atom. The van der Waals surface area contributed by atoms with Crippen LogP contribution in [0.25, 0.3) is 11.2 Å². The Bertz CT molecular complexity index is 647. The number of hydrogen-bond acceptors (Lipinski definition) is 7. The van der Waals surface area contributed by atoms with Gasteiger partial charge in [0.05, 0.1) is 19.5 Å². The molecule has 116 valence electrons. The van der Waals surface area contributed by atoms with Gasteiger partial charge in [0.2, 0.25) is 5.95 Å². The lowest BCUT2D eigenvalue weighted by Crippen LogP contribution is -2.27. The number of anilines is 1. The maximum Gasteiger partial charge on any atom is 0.280 e. The number of imidazole rings is 1. The van der Waals surface area contributed by atoms with Crippen molar-refractivity contribution in [2.45, 2.75) is 19.3 Å². The number of ether oxygens (including phenoxy) is 3. The largest absolute Gasteiger partial charge is 0.382 e. The second-order valence-electron chi connectivity index (χ2n) is 4.54. The second kappa shape index (κ2) is 6.66. The molecule has 9 nitrogen and oxygen atoms in total. The standard InChI is InChI=1S/C12H19N5O4/c1-7(21-8(4-19-2)5-20-3)17-6-14-9-10(17)15-12(13)16-11(9)18/h6-8H,4-5H2,1-3H3,(H3,13,15,16,18)/t7-/m1/s1. The number of H-pyrrole nitrogens is 1. The summed E-state index contributed by atoms with van der Waals surface area (Å²) in [6.07, 6.45) is 0.846. The van der Waals surface area contributed by atoms with Crippen molar-refractivity contribution >= 4 is 17.1 Å². The lowest BCUT2D eigenvalue weighted by atomic mass is 10.4. The molecule has 2 aromatic rings. The molecular weight excluding hydrogens is 278 g/mol. The van der Waals surface area contributed by atoms with Gasteiger partial charge in [-0.15, -0.1) is 0 Å². The fraction of sp³-hybridized carbons (Fsp3) is 0.583. The van der Waals surface area contributed by atoms with Gasteiger partial charge in [0, 0.05) is 14.2 Å². The van der Waals surface area contributed by atoms with Crippen LogP contribution in [0.15, 0.2) is 11.1 Å². The van der Waals surface area contributed by atoms with Crippen molar-refractivity contribution in [3.8, 4) is 0 Å². The van der Waals surface area contributed by atoms with E-state index in [0.29, 0.717) is 18.9 Å². The zero-order valence-electron chi connectivity index (χ0n) is 12.2. The van der Waals surface area contributed by atoms with E-state index >= 15 is 0 Å². The minimum atomic E-state index is -0.404. The SMILES string of the molecule is COCC(COC)O[C@H](C)n1cnc2c(=O)[nH]c(N)nc21. The molecule has 0 aliphatic heterocycles. The molecule has 2 aromatic heterocycles.